The zero-order chi connectivity index (χ0) is 14.2. The molecule has 0 aliphatic heterocycles. The van der Waals surface area contributed by atoms with Gasteiger partial charge in [0.05, 0.1) is 0 Å². The highest BCUT2D eigenvalue weighted by Gasteiger charge is 2.37. The van der Waals surface area contributed by atoms with Crippen molar-refractivity contribution in [2.24, 2.45) is 11.8 Å². The molecule has 0 saturated heterocycles. The number of rotatable bonds is 3. The third-order valence-corrected chi connectivity index (χ3v) is 5.88. The molecule has 3 atom stereocenters. The molecule has 3 aliphatic rings. The van der Waals surface area contributed by atoms with Crippen molar-refractivity contribution < 1.29 is 5.11 Å². The normalized spacial score (nSPS) is 32.1. The third kappa shape index (κ3) is 2.83. The highest BCUT2D eigenvalue weighted by atomic mass is 16.3. The first-order valence-corrected chi connectivity index (χ1v) is 8.86. The van der Waals surface area contributed by atoms with Crippen molar-refractivity contribution in [1.29, 1.82) is 0 Å². The van der Waals surface area contributed by atoms with Crippen molar-refractivity contribution in [1.82, 2.24) is 5.32 Å². The van der Waals surface area contributed by atoms with E-state index in [4.69, 9.17) is 0 Å². The molecular formula is C19H27NO. The van der Waals surface area contributed by atoms with E-state index in [-0.39, 0.29) is 0 Å². The van der Waals surface area contributed by atoms with Crippen molar-refractivity contribution >= 4 is 0 Å². The number of hydrogen-bond acceptors (Lipinski definition) is 2. The lowest BCUT2D eigenvalue weighted by atomic mass is 9.68. The van der Waals surface area contributed by atoms with Gasteiger partial charge in [-0.25, -0.2) is 0 Å². The second-order valence-electron chi connectivity index (χ2n) is 7.47. The van der Waals surface area contributed by atoms with E-state index in [0.717, 1.165) is 11.8 Å². The van der Waals surface area contributed by atoms with Crippen LogP contribution in [0.3, 0.4) is 0 Å². The molecule has 3 aliphatic carbocycles. The number of fused-ring (bicyclic) bond motifs is 4. The Hall–Kier alpha value is -1.02. The Morgan fingerprint density at radius 3 is 2.76 bits per heavy atom. The summed E-state index contributed by atoms with van der Waals surface area (Å²) in [7, 11) is 0. The molecule has 4 rings (SSSR count). The molecule has 1 aromatic carbocycles. The van der Waals surface area contributed by atoms with Gasteiger partial charge in [0.15, 0.2) is 0 Å². The first-order valence-electron chi connectivity index (χ1n) is 8.86. The Kier molecular flexibility index (Phi) is 3.66. The molecule has 0 unspecified atom stereocenters. The number of phenolic OH excluding ortho intramolecular Hbond substituents is 1. The van der Waals surface area contributed by atoms with Gasteiger partial charge >= 0.3 is 0 Å². The van der Waals surface area contributed by atoms with Gasteiger partial charge in [-0.05, 0) is 79.7 Å². The fourth-order valence-electron chi connectivity index (χ4n) is 4.54. The van der Waals surface area contributed by atoms with Crippen molar-refractivity contribution in [3.05, 3.63) is 29.3 Å². The Balaban J connectivity index is 1.64. The van der Waals surface area contributed by atoms with Crippen LogP contribution in [0.2, 0.25) is 0 Å². The van der Waals surface area contributed by atoms with Gasteiger partial charge in [-0.1, -0.05) is 25.3 Å². The molecule has 0 amide bonds. The summed E-state index contributed by atoms with van der Waals surface area (Å²) >= 11 is 0. The van der Waals surface area contributed by atoms with E-state index in [1.54, 1.807) is 0 Å². The van der Waals surface area contributed by atoms with Crippen LogP contribution in [0.4, 0.5) is 0 Å². The number of phenols is 1. The zero-order valence-electron chi connectivity index (χ0n) is 12.9. The molecule has 2 nitrogen and oxygen atoms in total. The summed E-state index contributed by atoms with van der Waals surface area (Å²) in [4.78, 5) is 0. The minimum atomic E-state index is 0.440. The van der Waals surface area contributed by atoms with E-state index in [2.05, 4.69) is 11.4 Å². The fourth-order valence-corrected chi connectivity index (χ4v) is 4.54. The van der Waals surface area contributed by atoms with E-state index in [9.17, 15) is 5.11 Å². The Morgan fingerprint density at radius 1 is 1.05 bits per heavy atom. The molecule has 2 N–H and O–H groups in total. The lowest BCUT2D eigenvalue weighted by Gasteiger charge is -2.42. The van der Waals surface area contributed by atoms with Crippen LogP contribution in [-0.4, -0.2) is 17.7 Å². The average molecular weight is 285 g/mol. The molecule has 2 heteroatoms. The van der Waals surface area contributed by atoms with Crippen molar-refractivity contribution in [2.75, 3.05) is 6.54 Å². The van der Waals surface area contributed by atoms with E-state index in [1.807, 2.05) is 12.1 Å². The first kappa shape index (κ1) is 13.6. The average Bonchev–Trinajstić information content (AvgIpc) is 3.28. The Bertz CT molecular complexity index is 508. The van der Waals surface area contributed by atoms with Crippen LogP contribution in [0.5, 0.6) is 5.75 Å². The number of benzene rings is 1. The van der Waals surface area contributed by atoms with Gasteiger partial charge in [0.2, 0.25) is 0 Å². The highest BCUT2D eigenvalue weighted by Crippen LogP contribution is 2.43. The van der Waals surface area contributed by atoms with Crippen LogP contribution in [0.1, 0.15) is 62.0 Å². The maximum atomic E-state index is 9.91. The molecule has 21 heavy (non-hydrogen) atoms. The molecule has 0 spiro atoms. The molecule has 0 aromatic heterocycles. The predicted molar refractivity (Wildman–Crippen MR) is 85.6 cm³/mol. The van der Waals surface area contributed by atoms with Crippen molar-refractivity contribution in [3.8, 4) is 5.75 Å². The topological polar surface area (TPSA) is 32.3 Å². The van der Waals surface area contributed by atoms with Crippen LogP contribution in [0.15, 0.2) is 18.2 Å². The van der Waals surface area contributed by atoms with Gasteiger partial charge < -0.3 is 10.4 Å². The number of hydrogen-bond donors (Lipinski definition) is 2. The molecule has 2 saturated carbocycles. The van der Waals surface area contributed by atoms with Gasteiger partial charge in [0, 0.05) is 6.04 Å². The lowest BCUT2D eigenvalue weighted by Crippen LogP contribution is -2.46. The van der Waals surface area contributed by atoms with Crippen LogP contribution >= 0.6 is 0 Å². The summed E-state index contributed by atoms with van der Waals surface area (Å²) in [6.07, 6.45) is 10.8. The molecule has 1 aromatic rings. The van der Waals surface area contributed by atoms with E-state index < -0.39 is 0 Å². The maximum Gasteiger partial charge on any atom is 0.115 e. The molecule has 0 radical (unpaired) electrons. The highest BCUT2D eigenvalue weighted by molar-refractivity contribution is 5.40. The predicted octanol–water partition coefficient (Wildman–Crippen LogP) is 3.98. The van der Waals surface area contributed by atoms with Crippen LogP contribution in [-0.2, 0) is 6.42 Å². The van der Waals surface area contributed by atoms with Crippen LogP contribution in [0, 0.1) is 11.8 Å². The van der Waals surface area contributed by atoms with Gasteiger partial charge in [-0.2, -0.15) is 0 Å². The summed E-state index contributed by atoms with van der Waals surface area (Å²) in [5.74, 6) is 2.80. The summed E-state index contributed by atoms with van der Waals surface area (Å²) < 4.78 is 0. The summed E-state index contributed by atoms with van der Waals surface area (Å²) in [6, 6.07) is 6.73. The Morgan fingerprint density at radius 2 is 1.90 bits per heavy atom. The van der Waals surface area contributed by atoms with E-state index >= 15 is 0 Å². The maximum absolute atomic E-state index is 9.91. The van der Waals surface area contributed by atoms with Crippen molar-refractivity contribution in [2.45, 2.75) is 63.3 Å². The minimum Gasteiger partial charge on any atom is -0.508 e. The van der Waals surface area contributed by atoms with Gasteiger partial charge in [-0.15, -0.1) is 0 Å². The third-order valence-electron chi connectivity index (χ3n) is 5.88. The number of aromatic hydroxyl groups is 1. The number of nitrogens with one attached hydrogen (secondary N) is 1. The largest absolute Gasteiger partial charge is 0.508 e. The second-order valence-corrected chi connectivity index (χ2v) is 7.47. The second kappa shape index (κ2) is 5.64. The summed E-state index contributed by atoms with van der Waals surface area (Å²) in [5.41, 5.74) is 2.93. The van der Waals surface area contributed by atoms with Gasteiger partial charge in [0.1, 0.15) is 5.75 Å². The zero-order valence-corrected chi connectivity index (χ0v) is 12.9. The minimum absolute atomic E-state index is 0.440. The molecular weight excluding hydrogens is 258 g/mol. The van der Waals surface area contributed by atoms with E-state index in [1.165, 1.54) is 69.0 Å². The van der Waals surface area contributed by atoms with Crippen LogP contribution in [0.25, 0.3) is 0 Å². The molecule has 2 bridgehead atoms. The van der Waals surface area contributed by atoms with E-state index in [0.29, 0.717) is 17.7 Å². The van der Waals surface area contributed by atoms with Gasteiger partial charge in [0.25, 0.3) is 0 Å². The first-order chi connectivity index (χ1) is 10.3. The quantitative estimate of drug-likeness (QED) is 0.880. The summed E-state index contributed by atoms with van der Waals surface area (Å²) in [5, 5.41) is 13.8. The van der Waals surface area contributed by atoms with Crippen molar-refractivity contribution in [3.63, 3.8) is 0 Å². The lowest BCUT2D eigenvalue weighted by molar-refractivity contribution is 0.234. The molecule has 114 valence electrons. The Labute approximate surface area is 128 Å². The molecule has 2 fully saturated rings. The SMILES string of the molecule is Oc1ccc2c(c1)[C@H]1CCCCC[C@@H](C2)[C@@H]1NCC1CC1. The standard InChI is InChI=1S/C19H27NO/c21-16-9-8-14-10-15-4-2-1-3-5-17(18(14)11-16)19(15)20-12-13-6-7-13/h8-9,11,13,15,17,19-21H,1-7,10,12H2/t15-,17+,19-/m0/s1. The monoisotopic (exact) mass is 285 g/mol. The fraction of sp³-hybridized carbons (Fsp3) is 0.684. The van der Waals surface area contributed by atoms with Gasteiger partial charge in [-0.3, -0.25) is 0 Å². The molecule has 0 heterocycles. The summed E-state index contributed by atoms with van der Waals surface area (Å²) in [6.45, 7) is 1.21. The smallest absolute Gasteiger partial charge is 0.115 e. The van der Waals surface area contributed by atoms with Crippen LogP contribution < -0.4 is 5.32 Å².